The van der Waals surface area contributed by atoms with Gasteiger partial charge in [0.25, 0.3) is 0 Å². The van der Waals surface area contributed by atoms with Crippen molar-refractivity contribution in [2.24, 2.45) is 5.92 Å². The van der Waals surface area contributed by atoms with Gasteiger partial charge in [-0.3, -0.25) is 9.59 Å². The molecule has 0 radical (unpaired) electrons. The number of carbonyl (C=O) groups excluding carboxylic acids is 2. The number of sulfonamides is 1. The molecule has 9 heteroatoms. The second-order valence-electron chi connectivity index (χ2n) is 7.32. The van der Waals surface area contributed by atoms with E-state index in [2.05, 4.69) is 21.2 Å². The first-order chi connectivity index (χ1) is 14.8. The highest BCUT2D eigenvalue weighted by atomic mass is 79.9. The minimum absolute atomic E-state index is 0.144. The summed E-state index contributed by atoms with van der Waals surface area (Å²) in [7, 11) is -3.65. The predicted octanol–water partition coefficient (Wildman–Crippen LogP) is 3.59. The summed E-state index contributed by atoms with van der Waals surface area (Å²) in [5.41, 5.74) is 1.39. The highest BCUT2D eigenvalue weighted by Gasteiger charge is 2.33. The van der Waals surface area contributed by atoms with Crippen LogP contribution in [0.4, 0.5) is 5.69 Å². The van der Waals surface area contributed by atoms with E-state index in [1.807, 2.05) is 0 Å². The summed E-state index contributed by atoms with van der Waals surface area (Å²) in [5.74, 6) is -0.944. The largest absolute Gasteiger partial charge is 0.466 e. The first kappa shape index (κ1) is 23.4. The van der Waals surface area contributed by atoms with Crippen LogP contribution < -0.4 is 5.32 Å². The normalized spacial score (nSPS) is 17.2. The highest BCUT2D eigenvalue weighted by molar-refractivity contribution is 9.10. The van der Waals surface area contributed by atoms with Gasteiger partial charge in [0.05, 0.1) is 23.8 Å². The molecule has 1 N–H and O–H groups in total. The number of ether oxygens (including phenoxy) is 1. The predicted molar refractivity (Wildman–Crippen MR) is 121 cm³/mol. The average molecular weight is 509 g/mol. The fraction of sp³-hybridized carbons (Fsp3) is 0.364. The van der Waals surface area contributed by atoms with Gasteiger partial charge in [0.15, 0.2) is 0 Å². The van der Waals surface area contributed by atoms with Gasteiger partial charge in [0.2, 0.25) is 15.9 Å². The minimum atomic E-state index is -3.65. The molecule has 1 saturated heterocycles. The Morgan fingerprint density at radius 1 is 1.13 bits per heavy atom. The molecular weight excluding hydrogens is 484 g/mol. The smallest absolute Gasteiger partial charge is 0.310 e. The van der Waals surface area contributed by atoms with Crippen molar-refractivity contribution < 1.29 is 22.7 Å². The van der Waals surface area contributed by atoms with Gasteiger partial charge in [-0.25, -0.2) is 8.42 Å². The van der Waals surface area contributed by atoms with Crippen molar-refractivity contribution >= 4 is 43.5 Å². The third-order valence-electron chi connectivity index (χ3n) is 5.08. The molecule has 3 rings (SSSR count). The van der Waals surface area contributed by atoms with Crippen molar-refractivity contribution in [2.45, 2.75) is 31.1 Å². The fourth-order valence-electron chi connectivity index (χ4n) is 3.46. The third-order valence-corrected chi connectivity index (χ3v) is 7.49. The van der Waals surface area contributed by atoms with Crippen molar-refractivity contribution in [3.63, 3.8) is 0 Å². The van der Waals surface area contributed by atoms with E-state index >= 15 is 0 Å². The number of halogens is 1. The van der Waals surface area contributed by atoms with Crippen LogP contribution in [0.5, 0.6) is 0 Å². The van der Waals surface area contributed by atoms with Crippen LogP contribution in [0.3, 0.4) is 0 Å². The number of benzene rings is 2. The van der Waals surface area contributed by atoms with Gasteiger partial charge in [0.1, 0.15) is 0 Å². The number of nitrogens with zero attached hydrogens (tertiary/aromatic N) is 1. The maximum absolute atomic E-state index is 12.9. The molecule has 0 saturated carbocycles. The molecule has 1 heterocycles. The molecule has 0 unspecified atom stereocenters. The van der Waals surface area contributed by atoms with Gasteiger partial charge in [-0.05, 0) is 61.7 Å². The molecule has 1 amide bonds. The van der Waals surface area contributed by atoms with Crippen LogP contribution in [-0.4, -0.2) is 44.3 Å². The number of anilines is 1. The lowest BCUT2D eigenvalue weighted by atomic mass is 9.98. The van der Waals surface area contributed by atoms with Crippen molar-refractivity contribution in [1.82, 2.24) is 4.31 Å². The molecule has 7 nitrogen and oxygen atoms in total. The van der Waals surface area contributed by atoms with Crippen LogP contribution in [0.1, 0.15) is 25.3 Å². The first-order valence-corrected chi connectivity index (χ1v) is 12.3. The van der Waals surface area contributed by atoms with Crippen LogP contribution in [-0.2, 0) is 30.8 Å². The number of hydrogen-bond donors (Lipinski definition) is 1. The molecule has 1 aliphatic heterocycles. The van der Waals surface area contributed by atoms with E-state index in [0.29, 0.717) is 31.7 Å². The Hall–Kier alpha value is -2.23. The lowest BCUT2D eigenvalue weighted by Crippen LogP contribution is -2.43. The van der Waals surface area contributed by atoms with Gasteiger partial charge >= 0.3 is 5.97 Å². The Kier molecular flexibility index (Phi) is 7.85. The van der Waals surface area contributed by atoms with Crippen LogP contribution in [0, 0.1) is 5.92 Å². The summed E-state index contributed by atoms with van der Waals surface area (Å²) in [6, 6.07) is 13.5. The van der Waals surface area contributed by atoms with Crippen LogP contribution in [0.15, 0.2) is 57.9 Å². The van der Waals surface area contributed by atoms with Gasteiger partial charge < -0.3 is 10.1 Å². The summed E-state index contributed by atoms with van der Waals surface area (Å²) in [4.78, 5) is 24.5. The number of piperidine rings is 1. The summed E-state index contributed by atoms with van der Waals surface area (Å²) in [6.07, 6.45) is 1.42. The lowest BCUT2D eigenvalue weighted by Gasteiger charge is -2.31. The second-order valence-corrected chi connectivity index (χ2v) is 10.2. The highest BCUT2D eigenvalue weighted by Crippen LogP contribution is 2.26. The van der Waals surface area contributed by atoms with E-state index in [0.717, 1.165) is 10.0 Å². The standard InChI is InChI=1S/C22H25BrN2O5S/c1-2-30-21(26)14-16-5-9-19(10-6-16)24-22(27)17-4-3-13-25(15-17)31(28,29)20-11-7-18(23)8-12-20/h5-12,17H,2-4,13-15H2,1H3,(H,24,27)/t17-/m1/s1. The summed E-state index contributed by atoms with van der Waals surface area (Å²) in [5, 5.41) is 2.85. The Morgan fingerprint density at radius 2 is 1.81 bits per heavy atom. The maximum Gasteiger partial charge on any atom is 0.310 e. The van der Waals surface area contributed by atoms with E-state index in [1.54, 1.807) is 55.5 Å². The molecular formula is C22H25BrN2O5S. The molecule has 166 valence electrons. The molecule has 1 aliphatic rings. The van der Waals surface area contributed by atoms with Crippen LogP contribution in [0.25, 0.3) is 0 Å². The summed E-state index contributed by atoms with van der Waals surface area (Å²) < 4.78 is 33.0. The Balaban J connectivity index is 1.62. The monoisotopic (exact) mass is 508 g/mol. The quantitative estimate of drug-likeness (QED) is 0.576. The number of hydrogen-bond acceptors (Lipinski definition) is 5. The zero-order valence-corrected chi connectivity index (χ0v) is 19.6. The first-order valence-electron chi connectivity index (χ1n) is 10.1. The van der Waals surface area contributed by atoms with Gasteiger partial charge in [-0.2, -0.15) is 4.31 Å². The molecule has 1 fully saturated rings. The zero-order valence-electron chi connectivity index (χ0n) is 17.2. The van der Waals surface area contributed by atoms with Crippen molar-refractivity contribution in [3.05, 3.63) is 58.6 Å². The average Bonchev–Trinajstić information content (AvgIpc) is 2.75. The van der Waals surface area contributed by atoms with Crippen LogP contribution in [0.2, 0.25) is 0 Å². The van der Waals surface area contributed by atoms with E-state index in [-0.39, 0.29) is 29.7 Å². The molecule has 0 aliphatic carbocycles. The number of nitrogens with one attached hydrogen (secondary N) is 1. The topological polar surface area (TPSA) is 92.8 Å². The zero-order chi connectivity index (χ0) is 22.4. The summed E-state index contributed by atoms with van der Waals surface area (Å²) in [6.45, 7) is 2.63. The Morgan fingerprint density at radius 3 is 2.45 bits per heavy atom. The Labute approximate surface area is 191 Å². The van der Waals surface area contributed by atoms with E-state index in [4.69, 9.17) is 4.74 Å². The fourth-order valence-corrected chi connectivity index (χ4v) is 5.25. The van der Waals surface area contributed by atoms with Crippen molar-refractivity contribution in [2.75, 3.05) is 25.0 Å². The molecule has 2 aromatic rings. The van der Waals surface area contributed by atoms with E-state index < -0.39 is 15.9 Å². The third kappa shape index (κ3) is 6.15. The van der Waals surface area contributed by atoms with Crippen molar-refractivity contribution in [3.8, 4) is 0 Å². The van der Waals surface area contributed by atoms with Crippen molar-refractivity contribution in [1.29, 1.82) is 0 Å². The number of amides is 1. The number of esters is 1. The summed E-state index contributed by atoms with van der Waals surface area (Å²) >= 11 is 3.31. The SMILES string of the molecule is CCOC(=O)Cc1ccc(NC(=O)[C@@H]2CCCN(S(=O)(=O)c3ccc(Br)cc3)C2)cc1. The van der Waals surface area contributed by atoms with Crippen LogP contribution >= 0.6 is 15.9 Å². The Bertz CT molecular complexity index is 1020. The second kappa shape index (κ2) is 10.4. The van der Waals surface area contributed by atoms with Gasteiger partial charge in [0, 0.05) is 23.2 Å². The minimum Gasteiger partial charge on any atom is -0.466 e. The number of carbonyl (C=O) groups is 2. The van der Waals surface area contributed by atoms with E-state index in [9.17, 15) is 18.0 Å². The lowest BCUT2D eigenvalue weighted by molar-refractivity contribution is -0.142. The molecule has 31 heavy (non-hydrogen) atoms. The molecule has 2 aromatic carbocycles. The molecule has 1 atom stereocenters. The van der Waals surface area contributed by atoms with Gasteiger partial charge in [-0.1, -0.05) is 28.1 Å². The maximum atomic E-state index is 12.9. The molecule has 0 bridgehead atoms. The number of rotatable bonds is 7. The van der Waals surface area contributed by atoms with Gasteiger partial charge in [-0.15, -0.1) is 0 Å². The molecule has 0 spiro atoms. The van der Waals surface area contributed by atoms with E-state index in [1.165, 1.54) is 4.31 Å². The molecule has 0 aromatic heterocycles.